The molecule has 1 aromatic carbocycles. The van der Waals surface area contributed by atoms with Crippen LogP contribution in [0.15, 0.2) is 56.5 Å². The number of hydrogen-bond acceptors (Lipinski definition) is 3. The number of nitrogens with zero attached hydrogens (tertiary/aromatic N) is 2. The van der Waals surface area contributed by atoms with E-state index in [-0.39, 0.29) is 12.5 Å². The molecule has 0 radical (unpaired) electrons. The van der Waals surface area contributed by atoms with Gasteiger partial charge in [0.05, 0.1) is 12.8 Å². The van der Waals surface area contributed by atoms with E-state index >= 15 is 0 Å². The zero-order valence-corrected chi connectivity index (χ0v) is 16.0. The largest absolute Gasteiger partial charge is 0.467 e. The number of carbonyl (C=O) groups is 1. The highest BCUT2D eigenvalue weighted by Crippen LogP contribution is 2.11. The van der Waals surface area contributed by atoms with Crippen molar-refractivity contribution in [1.29, 1.82) is 0 Å². The summed E-state index contributed by atoms with van der Waals surface area (Å²) in [5.74, 6) is 1.26. The van der Waals surface area contributed by atoms with E-state index in [2.05, 4.69) is 43.7 Å². The van der Waals surface area contributed by atoms with Gasteiger partial charge in [-0.3, -0.25) is 4.79 Å². The molecule has 0 fully saturated rings. The number of carbonyl (C=O) groups excluding carboxylic acids is 1. The number of halogens is 1. The number of hydrogen-bond donors (Lipinski definition) is 2. The van der Waals surface area contributed by atoms with E-state index in [1.54, 1.807) is 12.3 Å². The summed E-state index contributed by atoms with van der Waals surface area (Å²) >= 11 is 3.43. The monoisotopic (exact) mass is 406 g/mol. The third-order valence-corrected chi connectivity index (χ3v) is 3.97. The van der Waals surface area contributed by atoms with Gasteiger partial charge in [-0.15, -0.1) is 0 Å². The summed E-state index contributed by atoms with van der Waals surface area (Å²) < 4.78 is 6.24. The van der Waals surface area contributed by atoms with Gasteiger partial charge in [-0.1, -0.05) is 28.1 Å². The summed E-state index contributed by atoms with van der Waals surface area (Å²) in [6, 6.07) is 11.7. The molecule has 0 unspecified atom stereocenters. The van der Waals surface area contributed by atoms with Gasteiger partial charge >= 0.3 is 0 Å². The Balaban J connectivity index is 1.89. The molecule has 0 spiro atoms. The maximum Gasteiger partial charge on any atom is 0.242 e. The third-order valence-electron chi connectivity index (χ3n) is 3.44. The summed E-state index contributed by atoms with van der Waals surface area (Å²) in [5.41, 5.74) is 1.17. The number of benzene rings is 1. The van der Waals surface area contributed by atoms with E-state index in [1.165, 1.54) is 5.56 Å². The number of amides is 1. The number of furan rings is 1. The SMILES string of the molecule is CCNC(=NCC(=O)NCc1ccco1)N(C)Cc1ccc(Br)cc1. The highest BCUT2D eigenvalue weighted by Gasteiger charge is 2.08. The van der Waals surface area contributed by atoms with Crippen molar-refractivity contribution in [2.45, 2.75) is 20.0 Å². The number of aliphatic imine (C=N–C) groups is 1. The van der Waals surface area contributed by atoms with Crippen molar-refractivity contribution < 1.29 is 9.21 Å². The minimum atomic E-state index is -0.149. The summed E-state index contributed by atoms with van der Waals surface area (Å²) in [5, 5.41) is 5.99. The topological polar surface area (TPSA) is 69.9 Å². The van der Waals surface area contributed by atoms with Crippen molar-refractivity contribution in [3.05, 3.63) is 58.5 Å². The van der Waals surface area contributed by atoms with Crippen LogP contribution in [0.1, 0.15) is 18.2 Å². The molecule has 0 aliphatic heterocycles. The van der Waals surface area contributed by atoms with Crippen molar-refractivity contribution in [1.82, 2.24) is 15.5 Å². The lowest BCUT2D eigenvalue weighted by Gasteiger charge is -2.22. The molecule has 25 heavy (non-hydrogen) atoms. The molecule has 2 rings (SSSR count). The van der Waals surface area contributed by atoms with Crippen molar-refractivity contribution in [3.8, 4) is 0 Å². The minimum Gasteiger partial charge on any atom is -0.467 e. The van der Waals surface area contributed by atoms with Crippen LogP contribution in [0.4, 0.5) is 0 Å². The molecule has 2 N–H and O–H groups in total. The summed E-state index contributed by atoms with van der Waals surface area (Å²) in [6.07, 6.45) is 1.58. The van der Waals surface area contributed by atoms with Crippen molar-refractivity contribution >= 4 is 27.8 Å². The molecule has 2 aromatic rings. The second-order valence-corrected chi connectivity index (χ2v) is 6.42. The van der Waals surface area contributed by atoms with E-state index < -0.39 is 0 Å². The molecule has 134 valence electrons. The van der Waals surface area contributed by atoms with Gasteiger partial charge < -0.3 is 20.0 Å². The van der Waals surface area contributed by atoms with Gasteiger partial charge in [0.1, 0.15) is 12.3 Å². The first-order valence-electron chi connectivity index (χ1n) is 8.11. The van der Waals surface area contributed by atoms with E-state index in [0.717, 1.165) is 16.8 Å². The molecule has 1 amide bonds. The maximum atomic E-state index is 12.0. The molecule has 0 saturated carbocycles. The predicted octanol–water partition coefficient (Wildman–Crippen LogP) is 2.76. The summed E-state index contributed by atoms with van der Waals surface area (Å²) in [4.78, 5) is 18.4. The van der Waals surface area contributed by atoms with Gasteiger partial charge in [0.25, 0.3) is 0 Å². The Morgan fingerprint density at radius 3 is 2.64 bits per heavy atom. The molecular formula is C18H23BrN4O2. The van der Waals surface area contributed by atoms with Gasteiger partial charge in [-0.05, 0) is 36.8 Å². The Hall–Kier alpha value is -2.28. The van der Waals surface area contributed by atoms with Gasteiger partial charge in [0, 0.05) is 24.6 Å². The molecule has 6 nitrogen and oxygen atoms in total. The van der Waals surface area contributed by atoms with Crippen LogP contribution < -0.4 is 10.6 Å². The molecule has 0 atom stereocenters. The highest BCUT2D eigenvalue weighted by molar-refractivity contribution is 9.10. The van der Waals surface area contributed by atoms with E-state index in [4.69, 9.17) is 4.42 Å². The lowest BCUT2D eigenvalue weighted by atomic mass is 10.2. The first-order valence-corrected chi connectivity index (χ1v) is 8.90. The zero-order valence-electron chi connectivity index (χ0n) is 14.5. The molecule has 0 aliphatic carbocycles. The quantitative estimate of drug-likeness (QED) is 0.547. The van der Waals surface area contributed by atoms with Crippen LogP contribution in [-0.4, -0.2) is 36.9 Å². The second kappa shape index (κ2) is 9.88. The molecule has 0 saturated heterocycles. The van der Waals surface area contributed by atoms with Gasteiger partial charge in [-0.25, -0.2) is 4.99 Å². The van der Waals surface area contributed by atoms with Crippen molar-refractivity contribution in [3.63, 3.8) is 0 Å². The average Bonchev–Trinajstić information content (AvgIpc) is 3.12. The van der Waals surface area contributed by atoms with Crippen molar-refractivity contribution in [2.24, 2.45) is 4.99 Å². The molecular weight excluding hydrogens is 384 g/mol. The fourth-order valence-corrected chi connectivity index (χ4v) is 2.47. The lowest BCUT2D eigenvalue weighted by Crippen LogP contribution is -2.39. The molecule has 1 heterocycles. The average molecular weight is 407 g/mol. The Labute approximate surface area is 156 Å². The first-order chi connectivity index (χ1) is 12.1. The Bertz CT molecular complexity index is 684. The van der Waals surface area contributed by atoms with E-state index in [9.17, 15) is 4.79 Å². The standard InChI is InChI=1S/C18H23BrN4O2/c1-3-20-18(23(2)13-14-6-8-15(19)9-7-14)22-12-17(24)21-11-16-5-4-10-25-16/h4-10H,3,11-13H2,1-2H3,(H,20,22)(H,21,24). The third kappa shape index (κ3) is 6.62. The van der Waals surface area contributed by atoms with Crippen LogP contribution in [-0.2, 0) is 17.9 Å². The first kappa shape index (κ1) is 19.1. The predicted molar refractivity (Wildman–Crippen MR) is 102 cm³/mol. The smallest absolute Gasteiger partial charge is 0.242 e. The maximum absolute atomic E-state index is 12.0. The van der Waals surface area contributed by atoms with E-state index in [0.29, 0.717) is 19.0 Å². The van der Waals surface area contributed by atoms with Crippen LogP contribution in [0.2, 0.25) is 0 Å². The van der Waals surface area contributed by atoms with Crippen LogP contribution in [0.5, 0.6) is 0 Å². The van der Waals surface area contributed by atoms with Gasteiger partial charge in [0.15, 0.2) is 5.96 Å². The van der Waals surface area contributed by atoms with Gasteiger partial charge in [0.2, 0.25) is 5.91 Å². The molecule has 0 aliphatic rings. The van der Waals surface area contributed by atoms with Crippen molar-refractivity contribution in [2.75, 3.05) is 20.1 Å². The van der Waals surface area contributed by atoms with E-state index in [1.807, 2.05) is 37.1 Å². The normalized spacial score (nSPS) is 11.2. The highest BCUT2D eigenvalue weighted by atomic mass is 79.9. The Morgan fingerprint density at radius 1 is 1.24 bits per heavy atom. The zero-order chi connectivity index (χ0) is 18.1. The van der Waals surface area contributed by atoms with Crippen LogP contribution in [0.25, 0.3) is 0 Å². The fourth-order valence-electron chi connectivity index (χ4n) is 2.21. The van der Waals surface area contributed by atoms with Crippen LogP contribution in [0.3, 0.4) is 0 Å². The van der Waals surface area contributed by atoms with Gasteiger partial charge in [-0.2, -0.15) is 0 Å². The molecule has 0 bridgehead atoms. The molecule has 1 aromatic heterocycles. The summed E-state index contributed by atoms with van der Waals surface area (Å²) in [7, 11) is 1.95. The fraction of sp³-hybridized carbons (Fsp3) is 0.333. The molecule has 7 heteroatoms. The van der Waals surface area contributed by atoms with Crippen LogP contribution in [0, 0.1) is 0 Å². The number of rotatable bonds is 7. The summed E-state index contributed by atoms with van der Waals surface area (Å²) in [6.45, 7) is 3.87. The van der Waals surface area contributed by atoms with Crippen LogP contribution >= 0.6 is 15.9 Å². The Morgan fingerprint density at radius 2 is 2.00 bits per heavy atom. The number of guanidine groups is 1. The number of nitrogens with one attached hydrogen (secondary N) is 2. The second-order valence-electron chi connectivity index (χ2n) is 5.51. The minimum absolute atomic E-state index is 0.0632. The Kier molecular flexibility index (Phi) is 7.53. The lowest BCUT2D eigenvalue weighted by molar-refractivity contribution is -0.119.